The standard InChI is InChI=1S/C20H21BrN2O5/c1-3-27-17-7-5-4-6-16(17)20(26)22-12-18(24)28-13(2)19(25)23-15-10-8-14(21)9-11-15/h4-11,13H,3,12H2,1-2H3,(H,22,26)(H,23,25). The molecule has 0 aliphatic carbocycles. The second-order valence-electron chi connectivity index (χ2n) is 5.74. The number of carbonyl (C=O) groups is 3. The minimum Gasteiger partial charge on any atom is -0.493 e. The molecule has 2 amide bonds. The lowest BCUT2D eigenvalue weighted by atomic mass is 10.2. The number of hydrogen-bond acceptors (Lipinski definition) is 5. The fourth-order valence-corrected chi connectivity index (χ4v) is 2.52. The minimum atomic E-state index is -1.01. The molecule has 148 valence electrons. The van der Waals surface area contributed by atoms with Gasteiger partial charge in [0.1, 0.15) is 12.3 Å². The molecule has 0 heterocycles. The van der Waals surface area contributed by atoms with Crippen molar-refractivity contribution in [3.8, 4) is 5.75 Å². The molecular weight excluding hydrogens is 428 g/mol. The van der Waals surface area contributed by atoms with Crippen LogP contribution in [0.5, 0.6) is 5.75 Å². The van der Waals surface area contributed by atoms with Crippen molar-refractivity contribution in [2.75, 3.05) is 18.5 Å². The first kappa shape index (κ1) is 21.4. The Morgan fingerprint density at radius 3 is 2.43 bits per heavy atom. The van der Waals surface area contributed by atoms with Gasteiger partial charge in [0.2, 0.25) is 0 Å². The molecule has 0 aliphatic heterocycles. The Labute approximate surface area is 171 Å². The van der Waals surface area contributed by atoms with Gasteiger partial charge in [0.05, 0.1) is 12.2 Å². The molecule has 0 aliphatic rings. The molecule has 0 aromatic heterocycles. The number of ether oxygens (including phenoxy) is 2. The fraction of sp³-hybridized carbons (Fsp3) is 0.250. The molecule has 2 N–H and O–H groups in total. The van der Waals surface area contributed by atoms with Crippen LogP contribution in [0.25, 0.3) is 0 Å². The third-order valence-corrected chi connectivity index (χ3v) is 4.14. The summed E-state index contributed by atoms with van der Waals surface area (Å²) in [5, 5.41) is 5.11. The number of anilines is 1. The summed E-state index contributed by atoms with van der Waals surface area (Å²) in [6.07, 6.45) is -1.01. The van der Waals surface area contributed by atoms with Crippen LogP contribution >= 0.6 is 15.9 Å². The van der Waals surface area contributed by atoms with E-state index in [1.807, 2.05) is 6.92 Å². The fourth-order valence-electron chi connectivity index (χ4n) is 2.25. The number of para-hydroxylation sites is 1. The van der Waals surface area contributed by atoms with Gasteiger partial charge < -0.3 is 20.1 Å². The number of halogens is 1. The number of carbonyl (C=O) groups excluding carboxylic acids is 3. The van der Waals surface area contributed by atoms with Crippen LogP contribution in [0.1, 0.15) is 24.2 Å². The van der Waals surface area contributed by atoms with Crippen molar-refractivity contribution in [2.24, 2.45) is 0 Å². The average Bonchev–Trinajstić information content (AvgIpc) is 2.68. The van der Waals surface area contributed by atoms with E-state index in [9.17, 15) is 14.4 Å². The monoisotopic (exact) mass is 448 g/mol. The summed E-state index contributed by atoms with van der Waals surface area (Å²) in [5.74, 6) is -1.23. The van der Waals surface area contributed by atoms with Crippen molar-refractivity contribution in [1.29, 1.82) is 0 Å². The second kappa shape index (κ2) is 10.5. The van der Waals surface area contributed by atoms with E-state index in [1.165, 1.54) is 6.92 Å². The van der Waals surface area contributed by atoms with E-state index in [0.29, 0.717) is 23.6 Å². The van der Waals surface area contributed by atoms with Gasteiger partial charge in [0.25, 0.3) is 11.8 Å². The summed E-state index contributed by atoms with van der Waals surface area (Å²) >= 11 is 3.31. The van der Waals surface area contributed by atoms with Gasteiger partial charge in [-0.05, 0) is 50.2 Å². The zero-order valence-electron chi connectivity index (χ0n) is 15.5. The predicted molar refractivity (Wildman–Crippen MR) is 108 cm³/mol. The molecule has 0 saturated carbocycles. The summed E-state index contributed by atoms with van der Waals surface area (Å²) in [7, 11) is 0. The number of nitrogens with one attached hydrogen (secondary N) is 2. The molecule has 7 nitrogen and oxygen atoms in total. The van der Waals surface area contributed by atoms with E-state index in [4.69, 9.17) is 9.47 Å². The molecule has 0 spiro atoms. The molecule has 2 aromatic rings. The Morgan fingerprint density at radius 1 is 1.07 bits per heavy atom. The van der Waals surface area contributed by atoms with Crippen molar-refractivity contribution in [3.05, 3.63) is 58.6 Å². The van der Waals surface area contributed by atoms with Crippen LogP contribution in [-0.4, -0.2) is 37.0 Å². The molecule has 0 radical (unpaired) electrons. The third kappa shape index (κ3) is 6.38. The van der Waals surface area contributed by atoms with Crippen LogP contribution in [0, 0.1) is 0 Å². The Kier molecular flexibility index (Phi) is 8.01. The second-order valence-corrected chi connectivity index (χ2v) is 6.66. The van der Waals surface area contributed by atoms with Crippen LogP contribution < -0.4 is 15.4 Å². The highest BCUT2D eigenvalue weighted by Gasteiger charge is 2.19. The van der Waals surface area contributed by atoms with E-state index in [-0.39, 0.29) is 6.54 Å². The summed E-state index contributed by atoms with van der Waals surface area (Å²) in [6, 6.07) is 13.7. The van der Waals surface area contributed by atoms with Crippen molar-refractivity contribution in [2.45, 2.75) is 20.0 Å². The molecule has 1 unspecified atom stereocenters. The third-order valence-electron chi connectivity index (χ3n) is 3.61. The van der Waals surface area contributed by atoms with E-state index in [0.717, 1.165) is 4.47 Å². The zero-order valence-corrected chi connectivity index (χ0v) is 17.1. The SMILES string of the molecule is CCOc1ccccc1C(=O)NCC(=O)OC(C)C(=O)Nc1ccc(Br)cc1. The number of hydrogen-bond donors (Lipinski definition) is 2. The number of esters is 1. The number of amides is 2. The molecule has 0 bridgehead atoms. The van der Waals surface area contributed by atoms with Gasteiger partial charge in [0, 0.05) is 10.2 Å². The molecule has 0 saturated heterocycles. The van der Waals surface area contributed by atoms with Gasteiger partial charge in [0.15, 0.2) is 6.10 Å². The summed E-state index contributed by atoms with van der Waals surface area (Å²) in [6.45, 7) is 3.32. The first-order valence-corrected chi connectivity index (χ1v) is 9.46. The van der Waals surface area contributed by atoms with Crippen molar-refractivity contribution in [1.82, 2.24) is 5.32 Å². The van der Waals surface area contributed by atoms with Crippen LogP contribution in [0.2, 0.25) is 0 Å². The molecular formula is C20H21BrN2O5. The summed E-state index contributed by atoms with van der Waals surface area (Å²) in [4.78, 5) is 36.3. The normalized spacial score (nSPS) is 11.2. The number of rotatable bonds is 8. The molecule has 2 rings (SSSR count). The lowest BCUT2D eigenvalue weighted by Crippen LogP contribution is -2.36. The van der Waals surface area contributed by atoms with Crippen molar-refractivity contribution >= 4 is 39.4 Å². The highest BCUT2D eigenvalue weighted by Crippen LogP contribution is 2.17. The van der Waals surface area contributed by atoms with Gasteiger partial charge >= 0.3 is 5.97 Å². The van der Waals surface area contributed by atoms with Crippen LogP contribution in [0.15, 0.2) is 53.0 Å². The summed E-state index contributed by atoms with van der Waals surface area (Å²) in [5.41, 5.74) is 0.898. The molecule has 8 heteroatoms. The Hall–Kier alpha value is -2.87. The molecule has 28 heavy (non-hydrogen) atoms. The van der Waals surface area contributed by atoms with Gasteiger partial charge in [-0.25, -0.2) is 0 Å². The number of benzene rings is 2. The Morgan fingerprint density at radius 2 is 1.75 bits per heavy atom. The van der Waals surface area contributed by atoms with Crippen LogP contribution in [-0.2, 0) is 14.3 Å². The highest BCUT2D eigenvalue weighted by atomic mass is 79.9. The quantitative estimate of drug-likeness (QED) is 0.604. The smallest absolute Gasteiger partial charge is 0.326 e. The lowest BCUT2D eigenvalue weighted by Gasteiger charge is -2.14. The maximum Gasteiger partial charge on any atom is 0.326 e. The minimum absolute atomic E-state index is 0.318. The lowest BCUT2D eigenvalue weighted by molar-refractivity contribution is -0.152. The first-order chi connectivity index (χ1) is 13.4. The van der Waals surface area contributed by atoms with Crippen LogP contribution in [0.4, 0.5) is 5.69 Å². The van der Waals surface area contributed by atoms with Gasteiger partial charge in [-0.1, -0.05) is 28.1 Å². The van der Waals surface area contributed by atoms with Crippen molar-refractivity contribution < 1.29 is 23.9 Å². The van der Waals surface area contributed by atoms with Gasteiger partial charge in [-0.15, -0.1) is 0 Å². The molecule has 2 aromatic carbocycles. The Balaban J connectivity index is 1.83. The topological polar surface area (TPSA) is 93.7 Å². The Bertz CT molecular complexity index is 839. The predicted octanol–water partition coefficient (Wildman–Crippen LogP) is 3.15. The first-order valence-electron chi connectivity index (χ1n) is 8.66. The maximum absolute atomic E-state index is 12.3. The van der Waals surface area contributed by atoms with Gasteiger partial charge in [-0.2, -0.15) is 0 Å². The maximum atomic E-state index is 12.3. The van der Waals surface area contributed by atoms with E-state index in [1.54, 1.807) is 48.5 Å². The van der Waals surface area contributed by atoms with E-state index >= 15 is 0 Å². The summed E-state index contributed by atoms with van der Waals surface area (Å²) < 4.78 is 11.3. The van der Waals surface area contributed by atoms with Gasteiger partial charge in [-0.3, -0.25) is 14.4 Å². The molecule has 1 atom stereocenters. The average molecular weight is 449 g/mol. The largest absolute Gasteiger partial charge is 0.493 e. The van der Waals surface area contributed by atoms with E-state index in [2.05, 4.69) is 26.6 Å². The van der Waals surface area contributed by atoms with Crippen molar-refractivity contribution in [3.63, 3.8) is 0 Å². The van der Waals surface area contributed by atoms with Crippen LogP contribution in [0.3, 0.4) is 0 Å². The molecule has 0 fully saturated rings. The zero-order chi connectivity index (χ0) is 20.5. The van der Waals surface area contributed by atoms with E-state index < -0.39 is 23.9 Å². The highest BCUT2D eigenvalue weighted by molar-refractivity contribution is 9.10.